The molecule has 0 saturated carbocycles. The normalized spacial score (nSPS) is 24.0. The fourth-order valence-corrected chi connectivity index (χ4v) is 1.42. The van der Waals surface area contributed by atoms with E-state index in [1.54, 1.807) is 0 Å². The van der Waals surface area contributed by atoms with E-state index < -0.39 is 0 Å². The maximum atomic E-state index is 2.35. The van der Waals surface area contributed by atoms with E-state index in [2.05, 4.69) is 39.0 Å². The minimum absolute atomic E-state index is 0.722. The number of allylic oxidation sites excluding steroid dienone is 4. The van der Waals surface area contributed by atoms with E-state index in [-0.39, 0.29) is 0 Å². The van der Waals surface area contributed by atoms with Crippen LogP contribution in [0, 0.1) is 11.8 Å². The number of hydrogen-bond donors (Lipinski definition) is 0. The van der Waals surface area contributed by atoms with Crippen LogP contribution in [0.4, 0.5) is 0 Å². The molecule has 0 saturated heterocycles. The Kier molecular flexibility index (Phi) is 2.31. The Balaban J connectivity index is 2.40. The van der Waals surface area contributed by atoms with Crippen molar-refractivity contribution in [1.82, 2.24) is 0 Å². The summed E-state index contributed by atoms with van der Waals surface area (Å²) in [5, 5.41) is 0. The Morgan fingerprint density at radius 2 is 2.20 bits per heavy atom. The van der Waals surface area contributed by atoms with Crippen molar-refractivity contribution in [2.24, 2.45) is 11.8 Å². The molecule has 1 rings (SSSR count). The first-order valence-electron chi connectivity index (χ1n) is 4.05. The average Bonchev–Trinajstić information content (AvgIpc) is 2.13. The van der Waals surface area contributed by atoms with Gasteiger partial charge < -0.3 is 0 Å². The molecule has 0 fully saturated rings. The van der Waals surface area contributed by atoms with Crippen LogP contribution in [0.25, 0.3) is 0 Å². The van der Waals surface area contributed by atoms with Crippen LogP contribution in [0.3, 0.4) is 0 Å². The van der Waals surface area contributed by atoms with Crippen molar-refractivity contribution in [1.29, 1.82) is 0 Å². The zero-order chi connectivity index (χ0) is 7.56. The second-order valence-electron chi connectivity index (χ2n) is 3.56. The summed E-state index contributed by atoms with van der Waals surface area (Å²) in [7, 11) is 0. The second-order valence-corrected chi connectivity index (χ2v) is 3.56. The average molecular weight is 136 g/mol. The van der Waals surface area contributed by atoms with Crippen LogP contribution in [0.5, 0.6) is 0 Å². The minimum Gasteiger partial charge on any atom is -0.0773 e. The highest BCUT2D eigenvalue weighted by molar-refractivity contribution is 5.26. The van der Waals surface area contributed by atoms with Crippen molar-refractivity contribution in [3.05, 3.63) is 23.8 Å². The van der Waals surface area contributed by atoms with Gasteiger partial charge in [-0.3, -0.25) is 0 Å². The van der Waals surface area contributed by atoms with Crippen molar-refractivity contribution in [2.45, 2.75) is 27.2 Å². The van der Waals surface area contributed by atoms with Gasteiger partial charge in [-0.05, 0) is 25.2 Å². The third-order valence-electron chi connectivity index (χ3n) is 1.83. The van der Waals surface area contributed by atoms with Crippen LogP contribution >= 0.6 is 0 Å². The molecule has 1 aliphatic carbocycles. The Labute approximate surface area is 63.6 Å². The lowest BCUT2D eigenvalue weighted by molar-refractivity contribution is 0.535. The molecule has 0 aromatic heterocycles. The zero-order valence-corrected chi connectivity index (χ0v) is 7.09. The molecule has 0 radical (unpaired) electrons. The van der Waals surface area contributed by atoms with Crippen LogP contribution < -0.4 is 0 Å². The third-order valence-corrected chi connectivity index (χ3v) is 1.83. The molecule has 0 spiro atoms. The summed E-state index contributed by atoms with van der Waals surface area (Å²) in [5.74, 6) is 1.54. The van der Waals surface area contributed by atoms with Crippen molar-refractivity contribution in [3.63, 3.8) is 0 Å². The predicted octanol–water partition coefficient (Wildman–Crippen LogP) is 3.16. The summed E-state index contributed by atoms with van der Waals surface area (Å²) in [5.41, 5.74) is 1.42. The number of rotatable bonds is 2. The van der Waals surface area contributed by atoms with Gasteiger partial charge in [0.15, 0.2) is 0 Å². The minimum atomic E-state index is 0.722. The fraction of sp³-hybridized carbons (Fsp3) is 0.600. The van der Waals surface area contributed by atoms with Crippen LogP contribution in [0.1, 0.15) is 27.2 Å². The van der Waals surface area contributed by atoms with Gasteiger partial charge in [-0.1, -0.05) is 37.6 Å². The van der Waals surface area contributed by atoms with E-state index >= 15 is 0 Å². The summed E-state index contributed by atoms with van der Waals surface area (Å²) in [6.45, 7) is 6.71. The molecule has 0 heterocycles. The van der Waals surface area contributed by atoms with Crippen molar-refractivity contribution >= 4 is 0 Å². The molecule has 0 aliphatic heterocycles. The molecular weight excluding hydrogens is 120 g/mol. The topological polar surface area (TPSA) is 0 Å². The fourth-order valence-electron chi connectivity index (χ4n) is 1.42. The summed E-state index contributed by atoms with van der Waals surface area (Å²) in [6, 6.07) is 0. The van der Waals surface area contributed by atoms with E-state index in [0.717, 1.165) is 11.8 Å². The predicted molar refractivity (Wildman–Crippen MR) is 45.8 cm³/mol. The van der Waals surface area contributed by atoms with Crippen molar-refractivity contribution in [2.75, 3.05) is 0 Å². The van der Waals surface area contributed by atoms with Gasteiger partial charge in [-0.15, -0.1) is 0 Å². The first-order chi connectivity index (χ1) is 4.68. The lowest BCUT2D eigenvalue weighted by atomic mass is 9.99. The highest BCUT2D eigenvalue weighted by Crippen LogP contribution is 2.21. The lowest BCUT2D eigenvalue weighted by Crippen LogP contribution is -1.95. The first kappa shape index (κ1) is 7.59. The van der Waals surface area contributed by atoms with Gasteiger partial charge >= 0.3 is 0 Å². The van der Waals surface area contributed by atoms with E-state index in [0.29, 0.717) is 0 Å². The second kappa shape index (κ2) is 3.05. The maximum Gasteiger partial charge on any atom is -0.00421 e. The molecule has 0 aromatic carbocycles. The Hall–Kier alpha value is -0.520. The standard InChI is InChI=1S/C10H16/c1-8(2)6-10-5-4-9(3)7-10/h4-5,7-8,10H,6H2,1-3H3. The zero-order valence-electron chi connectivity index (χ0n) is 7.09. The summed E-state index contributed by atoms with van der Waals surface area (Å²) in [6.07, 6.45) is 8.16. The van der Waals surface area contributed by atoms with Gasteiger partial charge in [-0.2, -0.15) is 0 Å². The molecule has 1 atom stereocenters. The van der Waals surface area contributed by atoms with E-state index in [4.69, 9.17) is 0 Å². The van der Waals surface area contributed by atoms with Gasteiger partial charge in [0.1, 0.15) is 0 Å². The Morgan fingerprint density at radius 1 is 1.50 bits per heavy atom. The van der Waals surface area contributed by atoms with Gasteiger partial charge in [0.2, 0.25) is 0 Å². The summed E-state index contributed by atoms with van der Waals surface area (Å²) < 4.78 is 0. The Morgan fingerprint density at radius 3 is 2.60 bits per heavy atom. The molecule has 0 N–H and O–H groups in total. The van der Waals surface area contributed by atoms with Crippen molar-refractivity contribution < 1.29 is 0 Å². The molecule has 0 heteroatoms. The monoisotopic (exact) mass is 136 g/mol. The summed E-state index contributed by atoms with van der Waals surface area (Å²) >= 11 is 0. The molecule has 0 amide bonds. The van der Waals surface area contributed by atoms with Crippen LogP contribution in [-0.2, 0) is 0 Å². The van der Waals surface area contributed by atoms with Crippen molar-refractivity contribution in [3.8, 4) is 0 Å². The smallest absolute Gasteiger partial charge is 0.00421 e. The molecule has 56 valence electrons. The Bertz CT molecular complexity index is 161. The lowest BCUT2D eigenvalue weighted by Gasteiger charge is -2.07. The molecule has 1 aliphatic rings. The van der Waals surface area contributed by atoms with E-state index in [1.165, 1.54) is 12.0 Å². The molecule has 1 unspecified atom stereocenters. The highest BCUT2D eigenvalue weighted by Gasteiger charge is 2.07. The van der Waals surface area contributed by atoms with Gasteiger partial charge in [0.25, 0.3) is 0 Å². The molecular formula is C10H16. The molecule has 0 nitrogen and oxygen atoms in total. The van der Waals surface area contributed by atoms with Gasteiger partial charge in [0, 0.05) is 0 Å². The van der Waals surface area contributed by atoms with Gasteiger partial charge in [-0.25, -0.2) is 0 Å². The molecule has 0 aromatic rings. The van der Waals surface area contributed by atoms with Crippen LogP contribution in [-0.4, -0.2) is 0 Å². The quantitative estimate of drug-likeness (QED) is 0.547. The number of hydrogen-bond acceptors (Lipinski definition) is 0. The van der Waals surface area contributed by atoms with Crippen LogP contribution in [0.2, 0.25) is 0 Å². The van der Waals surface area contributed by atoms with E-state index in [9.17, 15) is 0 Å². The summed E-state index contributed by atoms with van der Waals surface area (Å²) in [4.78, 5) is 0. The van der Waals surface area contributed by atoms with E-state index in [1.807, 2.05) is 0 Å². The highest BCUT2D eigenvalue weighted by atomic mass is 14.1. The first-order valence-corrected chi connectivity index (χ1v) is 4.05. The SMILES string of the molecule is CC1=CC(CC(C)C)C=C1. The van der Waals surface area contributed by atoms with Crippen LogP contribution in [0.15, 0.2) is 23.8 Å². The molecule has 0 bridgehead atoms. The molecule has 10 heavy (non-hydrogen) atoms. The largest absolute Gasteiger partial charge is 0.0773 e. The maximum absolute atomic E-state index is 2.35. The third kappa shape index (κ3) is 2.02. The van der Waals surface area contributed by atoms with Gasteiger partial charge in [0.05, 0.1) is 0 Å².